The first-order valence-electron chi connectivity index (χ1n) is 10.5. The van der Waals surface area contributed by atoms with Crippen molar-refractivity contribution in [1.29, 1.82) is 0 Å². The van der Waals surface area contributed by atoms with Gasteiger partial charge >= 0.3 is 0 Å². The van der Waals surface area contributed by atoms with Gasteiger partial charge in [0, 0.05) is 43.2 Å². The van der Waals surface area contributed by atoms with Crippen LogP contribution in [0.4, 0.5) is 5.82 Å². The highest BCUT2D eigenvalue weighted by molar-refractivity contribution is 6.36. The Kier molecular flexibility index (Phi) is 7.12. The highest BCUT2D eigenvalue weighted by atomic mass is 35.5. The fraction of sp³-hybridized carbons (Fsp3) is 0.292. The van der Waals surface area contributed by atoms with Crippen LogP contribution in [0.15, 0.2) is 54.6 Å². The molecule has 4 rings (SSSR count). The Labute approximate surface area is 197 Å². The van der Waals surface area contributed by atoms with E-state index in [0.717, 1.165) is 42.2 Å². The van der Waals surface area contributed by atoms with E-state index in [4.69, 9.17) is 27.9 Å². The van der Waals surface area contributed by atoms with Crippen molar-refractivity contribution in [3.63, 3.8) is 0 Å². The molecular weight excluding hydrogens is 447 g/mol. The fourth-order valence-corrected chi connectivity index (χ4v) is 4.23. The summed E-state index contributed by atoms with van der Waals surface area (Å²) in [4.78, 5) is 16.7. The number of nitrogens with zero attached hydrogens (tertiary/aromatic N) is 4. The summed E-state index contributed by atoms with van der Waals surface area (Å²) in [5, 5.41) is 9.83. The Morgan fingerprint density at radius 3 is 2.34 bits per heavy atom. The molecule has 0 atom stereocenters. The molecule has 0 radical (unpaired) electrons. The minimum atomic E-state index is 0.180. The van der Waals surface area contributed by atoms with Gasteiger partial charge in [-0.3, -0.25) is 4.79 Å². The summed E-state index contributed by atoms with van der Waals surface area (Å²) in [5.74, 6) is 1.80. The molecule has 2 heterocycles. The van der Waals surface area contributed by atoms with Crippen LogP contribution >= 0.6 is 23.2 Å². The maximum atomic E-state index is 12.6. The standard InChI is InChI=1S/C24H24Cl2N4O2/c1-32-19-6-2-17(3-7-19)4-11-24(31)30-14-12-29(13-15-30)23-10-9-22(27-28-23)20-8-5-18(25)16-21(20)26/h2-3,5-10,16H,4,11-15H2,1H3. The van der Waals surface area contributed by atoms with Crippen LogP contribution in [0.2, 0.25) is 10.0 Å². The van der Waals surface area contributed by atoms with Gasteiger partial charge in [0.15, 0.2) is 5.82 Å². The number of benzene rings is 2. The van der Waals surface area contributed by atoms with Gasteiger partial charge in [-0.2, -0.15) is 0 Å². The molecule has 6 nitrogen and oxygen atoms in total. The number of ether oxygens (including phenoxy) is 1. The minimum Gasteiger partial charge on any atom is -0.497 e. The summed E-state index contributed by atoms with van der Waals surface area (Å²) in [6, 6.07) is 17.0. The van der Waals surface area contributed by atoms with Gasteiger partial charge in [-0.05, 0) is 54.4 Å². The zero-order valence-corrected chi connectivity index (χ0v) is 19.3. The molecule has 2 aromatic carbocycles. The molecule has 1 aromatic heterocycles. The molecule has 0 saturated carbocycles. The van der Waals surface area contributed by atoms with Crippen LogP contribution in [0.1, 0.15) is 12.0 Å². The quantitative estimate of drug-likeness (QED) is 0.520. The first-order valence-corrected chi connectivity index (χ1v) is 11.2. The Morgan fingerprint density at radius 2 is 1.72 bits per heavy atom. The number of methoxy groups -OCH3 is 1. The van der Waals surface area contributed by atoms with Crippen LogP contribution < -0.4 is 9.64 Å². The normalized spacial score (nSPS) is 13.8. The highest BCUT2D eigenvalue weighted by Gasteiger charge is 2.22. The number of aromatic nitrogens is 2. The second kappa shape index (κ2) is 10.2. The number of hydrogen-bond acceptors (Lipinski definition) is 5. The van der Waals surface area contributed by atoms with Crippen LogP contribution in [0.25, 0.3) is 11.3 Å². The first kappa shape index (κ1) is 22.4. The second-order valence-electron chi connectivity index (χ2n) is 7.62. The number of piperazine rings is 1. The number of anilines is 1. The smallest absolute Gasteiger partial charge is 0.223 e. The Balaban J connectivity index is 1.29. The molecule has 8 heteroatoms. The van der Waals surface area contributed by atoms with Crippen molar-refractivity contribution < 1.29 is 9.53 Å². The largest absolute Gasteiger partial charge is 0.497 e. The van der Waals surface area contributed by atoms with Gasteiger partial charge in [0.05, 0.1) is 17.8 Å². The maximum absolute atomic E-state index is 12.6. The molecule has 0 aliphatic carbocycles. The molecule has 1 aliphatic heterocycles. The fourth-order valence-electron chi connectivity index (χ4n) is 3.72. The predicted molar refractivity (Wildman–Crippen MR) is 128 cm³/mol. The lowest BCUT2D eigenvalue weighted by molar-refractivity contribution is -0.131. The van der Waals surface area contributed by atoms with Crippen LogP contribution in [-0.2, 0) is 11.2 Å². The molecular formula is C24H24Cl2N4O2. The van der Waals surface area contributed by atoms with Crippen molar-refractivity contribution in [2.45, 2.75) is 12.8 Å². The average molecular weight is 471 g/mol. The topological polar surface area (TPSA) is 58.6 Å². The van der Waals surface area contributed by atoms with E-state index in [2.05, 4.69) is 15.1 Å². The van der Waals surface area contributed by atoms with E-state index in [9.17, 15) is 4.79 Å². The molecule has 0 bridgehead atoms. The molecule has 0 unspecified atom stereocenters. The van der Waals surface area contributed by atoms with Gasteiger partial charge < -0.3 is 14.5 Å². The first-order chi connectivity index (χ1) is 15.5. The van der Waals surface area contributed by atoms with Crippen molar-refractivity contribution in [1.82, 2.24) is 15.1 Å². The minimum absolute atomic E-state index is 0.180. The monoisotopic (exact) mass is 470 g/mol. The summed E-state index contributed by atoms with van der Waals surface area (Å²) >= 11 is 12.2. The van der Waals surface area contributed by atoms with Crippen molar-refractivity contribution >= 4 is 34.9 Å². The van der Waals surface area contributed by atoms with E-state index in [-0.39, 0.29) is 5.91 Å². The third-order valence-electron chi connectivity index (χ3n) is 5.60. The molecule has 166 valence electrons. The Hall–Kier alpha value is -2.83. The number of carbonyl (C=O) groups is 1. The number of halogens is 2. The van der Waals surface area contributed by atoms with E-state index in [1.165, 1.54) is 0 Å². The van der Waals surface area contributed by atoms with Crippen molar-refractivity contribution in [2.24, 2.45) is 0 Å². The van der Waals surface area contributed by atoms with Crippen molar-refractivity contribution in [3.8, 4) is 17.0 Å². The van der Waals surface area contributed by atoms with Gasteiger partial charge in [-0.25, -0.2) is 0 Å². The molecule has 1 aliphatic rings. The second-order valence-corrected chi connectivity index (χ2v) is 8.46. The molecule has 32 heavy (non-hydrogen) atoms. The average Bonchev–Trinajstić information content (AvgIpc) is 2.83. The summed E-state index contributed by atoms with van der Waals surface area (Å²) in [7, 11) is 1.65. The van der Waals surface area contributed by atoms with Gasteiger partial charge in [0.25, 0.3) is 0 Å². The zero-order valence-electron chi connectivity index (χ0n) is 17.8. The summed E-state index contributed by atoms with van der Waals surface area (Å²) < 4.78 is 5.17. The molecule has 3 aromatic rings. The van der Waals surface area contributed by atoms with E-state index < -0.39 is 0 Å². The van der Waals surface area contributed by atoms with Gasteiger partial charge in [-0.1, -0.05) is 35.3 Å². The molecule has 1 saturated heterocycles. The van der Waals surface area contributed by atoms with Gasteiger partial charge in [-0.15, -0.1) is 10.2 Å². The van der Waals surface area contributed by atoms with E-state index >= 15 is 0 Å². The summed E-state index contributed by atoms with van der Waals surface area (Å²) in [6.45, 7) is 2.80. The SMILES string of the molecule is COc1ccc(CCC(=O)N2CCN(c3ccc(-c4ccc(Cl)cc4Cl)nn3)CC2)cc1. The molecule has 0 N–H and O–H groups in total. The lowest BCUT2D eigenvalue weighted by Crippen LogP contribution is -2.49. The Morgan fingerprint density at radius 1 is 0.969 bits per heavy atom. The van der Waals surface area contributed by atoms with Crippen LogP contribution in [0.5, 0.6) is 5.75 Å². The van der Waals surface area contributed by atoms with Crippen molar-refractivity contribution in [3.05, 3.63) is 70.2 Å². The van der Waals surface area contributed by atoms with E-state index in [0.29, 0.717) is 35.2 Å². The summed E-state index contributed by atoms with van der Waals surface area (Å²) in [6.07, 6.45) is 1.23. The molecule has 1 fully saturated rings. The van der Waals surface area contributed by atoms with Gasteiger partial charge in [0.2, 0.25) is 5.91 Å². The van der Waals surface area contributed by atoms with E-state index in [1.807, 2.05) is 47.4 Å². The van der Waals surface area contributed by atoms with Crippen molar-refractivity contribution in [2.75, 3.05) is 38.2 Å². The lowest BCUT2D eigenvalue weighted by Gasteiger charge is -2.35. The number of rotatable bonds is 6. The Bertz CT molecular complexity index is 1070. The van der Waals surface area contributed by atoms with Gasteiger partial charge in [0.1, 0.15) is 5.75 Å². The number of carbonyl (C=O) groups excluding carboxylic acids is 1. The summed E-state index contributed by atoms with van der Waals surface area (Å²) in [5.41, 5.74) is 2.62. The number of hydrogen-bond donors (Lipinski definition) is 0. The van der Waals surface area contributed by atoms with Crippen LogP contribution in [0, 0.1) is 0 Å². The predicted octanol–water partition coefficient (Wildman–Crippen LogP) is 4.74. The van der Waals surface area contributed by atoms with E-state index in [1.54, 1.807) is 19.2 Å². The molecule has 1 amide bonds. The highest BCUT2D eigenvalue weighted by Crippen LogP contribution is 2.29. The third-order valence-corrected chi connectivity index (χ3v) is 6.15. The third kappa shape index (κ3) is 5.31. The lowest BCUT2D eigenvalue weighted by atomic mass is 10.1. The number of amides is 1. The number of aryl methyl sites for hydroxylation is 1. The molecule has 0 spiro atoms. The maximum Gasteiger partial charge on any atom is 0.223 e. The zero-order chi connectivity index (χ0) is 22.5. The van der Waals surface area contributed by atoms with Crippen LogP contribution in [0.3, 0.4) is 0 Å². The van der Waals surface area contributed by atoms with Crippen LogP contribution in [-0.4, -0.2) is 54.3 Å².